The molecule has 0 heterocycles. The second kappa shape index (κ2) is 16.7. The Morgan fingerprint density at radius 3 is 2.05 bits per heavy atom. The maximum atomic E-state index is 11.0. The molecule has 0 bridgehead atoms. The van der Waals surface area contributed by atoms with Crippen LogP contribution in [0.3, 0.4) is 0 Å². The summed E-state index contributed by atoms with van der Waals surface area (Å²) >= 11 is 0. The Bertz CT molecular complexity index is 1330. The number of carbonyl (C=O) groups is 1. The molecule has 0 aliphatic rings. The largest absolute Gasteiger partial charge is 0.463 e. The molecule has 0 amide bonds. The second-order valence-corrected chi connectivity index (χ2v) is 9.35. The molecule has 0 N–H and O–H groups in total. The fourth-order valence-corrected chi connectivity index (χ4v) is 4.00. The van der Waals surface area contributed by atoms with Gasteiger partial charge in [-0.1, -0.05) is 74.8 Å². The number of carbonyl (C=O) groups excluding carboxylic acids is 1. The molecule has 39 heavy (non-hydrogen) atoms. The molecule has 0 radical (unpaired) electrons. The summed E-state index contributed by atoms with van der Waals surface area (Å²) in [4.78, 5) is 11.0. The summed E-state index contributed by atoms with van der Waals surface area (Å²) in [7, 11) is 0. The summed E-state index contributed by atoms with van der Waals surface area (Å²) < 4.78 is 10.7. The molecular formula is C36H38O3. The first kappa shape index (κ1) is 29.5. The van der Waals surface area contributed by atoms with Crippen molar-refractivity contribution in [2.24, 2.45) is 0 Å². The van der Waals surface area contributed by atoms with E-state index in [-0.39, 0.29) is 5.97 Å². The fourth-order valence-electron chi connectivity index (χ4n) is 4.00. The maximum absolute atomic E-state index is 11.0. The number of hydrogen-bond acceptors (Lipinski definition) is 3. The SMILES string of the molecule is C=CC(=O)OCCCCCOCc1ccc(C#Cc2ccc(C#Cc3ccc(CCC)cc3)cc2CC)cc1. The van der Waals surface area contributed by atoms with E-state index in [1.807, 2.05) is 12.1 Å². The van der Waals surface area contributed by atoms with Crippen molar-refractivity contribution >= 4 is 5.97 Å². The van der Waals surface area contributed by atoms with E-state index in [1.165, 1.54) is 17.2 Å². The maximum Gasteiger partial charge on any atom is 0.330 e. The highest BCUT2D eigenvalue weighted by Gasteiger charge is 2.01. The van der Waals surface area contributed by atoms with E-state index in [0.29, 0.717) is 19.8 Å². The Kier molecular flexibility index (Phi) is 12.7. The van der Waals surface area contributed by atoms with Gasteiger partial charge in [-0.2, -0.15) is 0 Å². The Morgan fingerprint density at radius 1 is 0.769 bits per heavy atom. The Hall–Kier alpha value is -4.05. The van der Waals surface area contributed by atoms with Crippen LogP contribution in [0.4, 0.5) is 0 Å². The summed E-state index contributed by atoms with van der Waals surface area (Å²) in [5, 5.41) is 0. The first-order chi connectivity index (χ1) is 19.1. The van der Waals surface area contributed by atoms with Crippen LogP contribution in [-0.4, -0.2) is 19.2 Å². The van der Waals surface area contributed by atoms with Crippen LogP contribution in [0.25, 0.3) is 0 Å². The van der Waals surface area contributed by atoms with Crippen LogP contribution in [0.5, 0.6) is 0 Å². The van der Waals surface area contributed by atoms with Gasteiger partial charge >= 0.3 is 5.97 Å². The molecule has 0 saturated carbocycles. The van der Waals surface area contributed by atoms with Crippen LogP contribution in [-0.2, 0) is 33.7 Å². The van der Waals surface area contributed by atoms with Gasteiger partial charge in [0.25, 0.3) is 0 Å². The zero-order chi connectivity index (χ0) is 27.7. The summed E-state index contributed by atoms with van der Waals surface area (Å²) in [5.74, 6) is 12.9. The van der Waals surface area contributed by atoms with Crippen molar-refractivity contribution in [3.63, 3.8) is 0 Å². The summed E-state index contributed by atoms with van der Waals surface area (Å²) in [6, 6.07) is 23.0. The molecule has 0 atom stereocenters. The standard InChI is InChI=1S/C36H38O3/c1-4-10-29-11-13-30(14-12-29)15-18-32-22-24-35(34(5-2)27-32)23-21-31-16-19-33(20-17-31)28-38-25-8-7-9-26-39-36(37)6-3/h6,11-14,16-17,19-20,22,24,27H,3-5,7-10,25-26,28H2,1-2H3. The van der Waals surface area contributed by atoms with Gasteiger partial charge in [0.2, 0.25) is 0 Å². The zero-order valence-electron chi connectivity index (χ0n) is 23.2. The molecule has 3 rings (SSSR count). The fraction of sp³-hybridized carbons (Fsp3) is 0.306. The number of rotatable bonds is 12. The summed E-state index contributed by atoms with van der Waals surface area (Å²) in [5.41, 5.74) is 7.75. The molecular weight excluding hydrogens is 480 g/mol. The van der Waals surface area contributed by atoms with Crippen molar-refractivity contribution < 1.29 is 14.3 Å². The van der Waals surface area contributed by atoms with Gasteiger partial charge in [0, 0.05) is 34.9 Å². The Balaban J connectivity index is 1.49. The topological polar surface area (TPSA) is 35.5 Å². The predicted octanol–water partition coefficient (Wildman–Crippen LogP) is 7.42. The molecule has 0 fully saturated rings. The number of ether oxygens (including phenoxy) is 2. The first-order valence-electron chi connectivity index (χ1n) is 13.8. The van der Waals surface area contributed by atoms with E-state index in [0.717, 1.165) is 66.3 Å². The average Bonchev–Trinajstić information content (AvgIpc) is 2.97. The van der Waals surface area contributed by atoms with Crippen LogP contribution >= 0.6 is 0 Å². The quantitative estimate of drug-likeness (QED) is 0.108. The Labute approximate surface area is 234 Å². The zero-order valence-corrected chi connectivity index (χ0v) is 23.2. The molecule has 3 nitrogen and oxygen atoms in total. The lowest BCUT2D eigenvalue weighted by molar-refractivity contribution is -0.137. The molecule has 3 aromatic carbocycles. The molecule has 3 aromatic rings. The van der Waals surface area contributed by atoms with Crippen molar-refractivity contribution in [2.45, 2.75) is 59.0 Å². The molecule has 0 aliphatic heterocycles. The van der Waals surface area contributed by atoms with Crippen LogP contribution in [0.2, 0.25) is 0 Å². The number of esters is 1. The van der Waals surface area contributed by atoms with E-state index in [4.69, 9.17) is 9.47 Å². The number of aryl methyl sites for hydroxylation is 2. The number of benzene rings is 3. The monoisotopic (exact) mass is 518 g/mol. The third-order valence-corrected chi connectivity index (χ3v) is 6.24. The van der Waals surface area contributed by atoms with Crippen molar-refractivity contribution in [3.05, 3.63) is 118 Å². The lowest BCUT2D eigenvalue weighted by Gasteiger charge is -2.05. The van der Waals surface area contributed by atoms with Gasteiger partial charge in [-0.15, -0.1) is 0 Å². The molecule has 3 heteroatoms. The van der Waals surface area contributed by atoms with Crippen LogP contribution in [0, 0.1) is 23.7 Å². The Morgan fingerprint density at radius 2 is 1.38 bits per heavy atom. The lowest BCUT2D eigenvalue weighted by atomic mass is 10.0. The highest BCUT2D eigenvalue weighted by atomic mass is 16.5. The molecule has 200 valence electrons. The van der Waals surface area contributed by atoms with Crippen molar-refractivity contribution in [1.29, 1.82) is 0 Å². The van der Waals surface area contributed by atoms with Gasteiger partial charge in [-0.3, -0.25) is 0 Å². The van der Waals surface area contributed by atoms with Gasteiger partial charge in [-0.05, 0) is 91.3 Å². The van der Waals surface area contributed by atoms with Crippen molar-refractivity contribution in [2.75, 3.05) is 13.2 Å². The number of hydrogen-bond donors (Lipinski definition) is 0. The van der Waals surface area contributed by atoms with E-state index in [2.05, 4.69) is 98.7 Å². The minimum Gasteiger partial charge on any atom is -0.463 e. The highest BCUT2D eigenvalue weighted by Crippen LogP contribution is 2.13. The van der Waals surface area contributed by atoms with Gasteiger partial charge in [0.15, 0.2) is 0 Å². The minimum atomic E-state index is -0.367. The molecule has 0 spiro atoms. The third kappa shape index (κ3) is 10.7. The van der Waals surface area contributed by atoms with E-state index in [1.54, 1.807) is 0 Å². The second-order valence-electron chi connectivity index (χ2n) is 9.35. The summed E-state index contributed by atoms with van der Waals surface area (Å²) in [6.07, 6.45) is 7.08. The van der Waals surface area contributed by atoms with Crippen LogP contribution < -0.4 is 0 Å². The van der Waals surface area contributed by atoms with Gasteiger partial charge in [0.05, 0.1) is 13.2 Å². The average molecular weight is 519 g/mol. The molecule has 0 aliphatic carbocycles. The minimum absolute atomic E-state index is 0.367. The van der Waals surface area contributed by atoms with Crippen molar-refractivity contribution in [3.8, 4) is 23.7 Å². The smallest absolute Gasteiger partial charge is 0.330 e. The third-order valence-electron chi connectivity index (χ3n) is 6.24. The van der Waals surface area contributed by atoms with E-state index in [9.17, 15) is 4.79 Å². The van der Waals surface area contributed by atoms with Gasteiger partial charge in [-0.25, -0.2) is 4.79 Å². The molecule has 0 aromatic heterocycles. The van der Waals surface area contributed by atoms with Crippen LogP contribution in [0.15, 0.2) is 79.4 Å². The number of unbranched alkanes of at least 4 members (excludes halogenated alkanes) is 2. The molecule has 0 saturated heterocycles. The van der Waals surface area contributed by atoms with E-state index < -0.39 is 0 Å². The van der Waals surface area contributed by atoms with Gasteiger partial charge in [0.1, 0.15) is 0 Å². The van der Waals surface area contributed by atoms with Gasteiger partial charge < -0.3 is 9.47 Å². The normalized spacial score (nSPS) is 10.1. The highest BCUT2D eigenvalue weighted by molar-refractivity contribution is 5.81. The predicted molar refractivity (Wildman–Crippen MR) is 159 cm³/mol. The lowest BCUT2D eigenvalue weighted by Crippen LogP contribution is -2.02. The van der Waals surface area contributed by atoms with Crippen LogP contribution in [0.1, 0.15) is 78.5 Å². The van der Waals surface area contributed by atoms with Crippen molar-refractivity contribution in [1.82, 2.24) is 0 Å². The first-order valence-corrected chi connectivity index (χ1v) is 13.8. The van der Waals surface area contributed by atoms with E-state index >= 15 is 0 Å². The molecule has 0 unspecified atom stereocenters. The summed E-state index contributed by atoms with van der Waals surface area (Å²) in [6.45, 7) is 9.41.